The molecule has 0 radical (unpaired) electrons. The Balaban J connectivity index is 2.39. The Hall–Kier alpha value is -1.86. The topological polar surface area (TPSA) is 78.0 Å². The number of pyridine rings is 1. The first-order valence-corrected chi connectivity index (χ1v) is 7.98. The van der Waals surface area contributed by atoms with Crippen molar-refractivity contribution in [2.75, 3.05) is 5.73 Å². The molecule has 3 aromatic rings. The fraction of sp³-hybridized carbons (Fsp3) is 0. The molecule has 0 amide bonds. The van der Waals surface area contributed by atoms with Gasteiger partial charge >= 0.3 is 0 Å². The Labute approximate surface area is 124 Å². The molecule has 5 nitrogen and oxygen atoms in total. The highest BCUT2D eigenvalue weighted by molar-refractivity contribution is 9.10. The maximum Gasteiger partial charge on any atom is 0.271 e. The van der Waals surface area contributed by atoms with Crippen molar-refractivity contribution in [2.45, 2.75) is 4.90 Å². The number of anilines is 1. The highest BCUT2D eigenvalue weighted by Crippen LogP contribution is 2.34. The van der Waals surface area contributed by atoms with Crippen LogP contribution in [0.1, 0.15) is 0 Å². The average molecular weight is 352 g/mol. The molecule has 0 aliphatic carbocycles. The SMILES string of the molecule is Nc1c(Br)c2cccnc2n1S(=O)(=O)c1ccccc1. The van der Waals surface area contributed by atoms with Gasteiger partial charge in [0.1, 0.15) is 5.82 Å². The second-order valence-corrected chi connectivity index (χ2v) is 6.74. The number of rotatable bonds is 2. The highest BCUT2D eigenvalue weighted by Gasteiger charge is 2.25. The van der Waals surface area contributed by atoms with Crippen LogP contribution < -0.4 is 5.73 Å². The third-order valence-electron chi connectivity index (χ3n) is 2.94. The zero-order valence-electron chi connectivity index (χ0n) is 10.2. The van der Waals surface area contributed by atoms with E-state index in [9.17, 15) is 8.42 Å². The Morgan fingerprint density at radius 2 is 1.80 bits per heavy atom. The van der Waals surface area contributed by atoms with Crippen LogP contribution in [0.2, 0.25) is 0 Å². The van der Waals surface area contributed by atoms with Gasteiger partial charge in [-0.15, -0.1) is 0 Å². The third kappa shape index (κ3) is 1.82. The molecule has 0 fully saturated rings. The van der Waals surface area contributed by atoms with Crippen molar-refractivity contribution in [3.63, 3.8) is 0 Å². The summed E-state index contributed by atoms with van der Waals surface area (Å²) in [5.74, 6) is 0.113. The van der Waals surface area contributed by atoms with Gasteiger partial charge in [-0.25, -0.2) is 17.4 Å². The fourth-order valence-corrected chi connectivity index (χ4v) is 4.05. The normalized spacial score (nSPS) is 11.8. The Morgan fingerprint density at radius 3 is 2.50 bits per heavy atom. The van der Waals surface area contributed by atoms with E-state index in [0.29, 0.717) is 15.5 Å². The summed E-state index contributed by atoms with van der Waals surface area (Å²) in [6.45, 7) is 0. The van der Waals surface area contributed by atoms with Crippen LogP contribution in [0.25, 0.3) is 11.0 Å². The molecule has 0 atom stereocenters. The minimum Gasteiger partial charge on any atom is -0.383 e. The van der Waals surface area contributed by atoms with E-state index >= 15 is 0 Å². The largest absolute Gasteiger partial charge is 0.383 e. The van der Waals surface area contributed by atoms with Gasteiger partial charge in [0.25, 0.3) is 10.0 Å². The van der Waals surface area contributed by atoms with Gasteiger partial charge in [-0.1, -0.05) is 18.2 Å². The van der Waals surface area contributed by atoms with Crippen LogP contribution in [-0.4, -0.2) is 17.4 Å². The van der Waals surface area contributed by atoms with Gasteiger partial charge in [0.05, 0.1) is 9.37 Å². The molecule has 0 saturated heterocycles. The number of nitrogens with two attached hydrogens (primary N) is 1. The highest BCUT2D eigenvalue weighted by atomic mass is 79.9. The molecule has 20 heavy (non-hydrogen) atoms. The molecule has 0 bridgehead atoms. The smallest absolute Gasteiger partial charge is 0.271 e. The molecule has 2 aromatic heterocycles. The van der Waals surface area contributed by atoms with Crippen LogP contribution in [-0.2, 0) is 10.0 Å². The first-order chi connectivity index (χ1) is 9.53. The van der Waals surface area contributed by atoms with Crippen molar-refractivity contribution >= 4 is 42.8 Å². The maximum absolute atomic E-state index is 12.7. The second kappa shape index (κ2) is 4.60. The monoisotopic (exact) mass is 351 g/mol. The van der Waals surface area contributed by atoms with Gasteiger partial charge in [-0.05, 0) is 40.2 Å². The van der Waals surface area contributed by atoms with E-state index in [4.69, 9.17) is 5.73 Å². The van der Waals surface area contributed by atoms with Crippen molar-refractivity contribution in [2.24, 2.45) is 0 Å². The van der Waals surface area contributed by atoms with E-state index in [1.54, 1.807) is 30.3 Å². The van der Waals surface area contributed by atoms with Gasteiger partial charge in [0.2, 0.25) is 0 Å². The molecule has 0 spiro atoms. The lowest BCUT2D eigenvalue weighted by atomic mass is 10.3. The van der Waals surface area contributed by atoms with Crippen LogP contribution in [0.3, 0.4) is 0 Å². The van der Waals surface area contributed by atoms with Crippen LogP contribution in [0, 0.1) is 0 Å². The molecular weight excluding hydrogens is 342 g/mol. The predicted octanol–water partition coefficient (Wildman–Crippen LogP) is 2.62. The summed E-state index contributed by atoms with van der Waals surface area (Å²) in [5.41, 5.74) is 6.24. The number of aromatic nitrogens is 2. The van der Waals surface area contributed by atoms with Gasteiger partial charge < -0.3 is 5.73 Å². The lowest BCUT2D eigenvalue weighted by Gasteiger charge is -2.08. The van der Waals surface area contributed by atoms with Crippen LogP contribution >= 0.6 is 15.9 Å². The molecular formula is C13H10BrN3O2S. The average Bonchev–Trinajstić information content (AvgIpc) is 2.73. The van der Waals surface area contributed by atoms with Gasteiger partial charge in [0.15, 0.2) is 5.65 Å². The number of fused-ring (bicyclic) bond motifs is 1. The molecule has 0 aliphatic heterocycles. The lowest BCUT2D eigenvalue weighted by molar-refractivity contribution is 0.589. The van der Waals surface area contributed by atoms with Crippen LogP contribution in [0.15, 0.2) is 58.0 Å². The molecule has 2 heterocycles. The summed E-state index contributed by atoms with van der Waals surface area (Å²) in [6, 6.07) is 11.6. The van der Waals surface area contributed by atoms with E-state index in [-0.39, 0.29) is 10.7 Å². The number of hydrogen-bond acceptors (Lipinski definition) is 4. The summed E-state index contributed by atoms with van der Waals surface area (Å²) in [7, 11) is -3.78. The van der Waals surface area contributed by atoms with Crippen LogP contribution in [0.5, 0.6) is 0 Å². The van der Waals surface area contributed by atoms with Gasteiger partial charge in [-0.3, -0.25) is 0 Å². The fourth-order valence-electron chi connectivity index (χ4n) is 2.01. The number of benzene rings is 1. The van der Waals surface area contributed by atoms with Crippen molar-refractivity contribution in [3.05, 3.63) is 53.1 Å². The minimum absolute atomic E-state index is 0.113. The first kappa shape index (κ1) is 13.1. The summed E-state index contributed by atoms with van der Waals surface area (Å²) >= 11 is 3.32. The quantitative estimate of drug-likeness (QED) is 0.769. The minimum atomic E-state index is -3.78. The molecule has 0 unspecified atom stereocenters. The maximum atomic E-state index is 12.7. The molecule has 2 N–H and O–H groups in total. The Kier molecular flexibility index (Phi) is 3.02. The second-order valence-electron chi connectivity index (χ2n) is 4.16. The zero-order valence-corrected chi connectivity index (χ0v) is 12.6. The van der Waals surface area contributed by atoms with Crippen molar-refractivity contribution in [3.8, 4) is 0 Å². The first-order valence-electron chi connectivity index (χ1n) is 5.74. The van der Waals surface area contributed by atoms with Crippen molar-refractivity contribution in [1.29, 1.82) is 0 Å². The number of nitrogens with zero attached hydrogens (tertiary/aromatic N) is 2. The molecule has 102 valence electrons. The van der Waals surface area contributed by atoms with Gasteiger partial charge in [-0.2, -0.15) is 0 Å². The number of nitrogen functional groups attached to an aromatic ring is 1. The lowest BCUT2D eigenvalue weighted by Crippen LogP contribution is -2.15. The van der Waals surface area contributed by atoms with E-state index in [1.165, 1.54) is 18.3 Å². The van der Waals surface area contributed by atoms with Crippen LogP contribution in [0.4, 0.5) is 5.82 Å². The van der Waals surface area contributed by atoms with E-state index in [2.05, 4.69) is 20.9 Å². The number of halogens is 1. The van der Waals surface area contributed by atoms with E-state index in [1.807, 2.05) is 0 Å². The predicted molar refractivity (Wildman–Crippen MR) is 80.9 cm³/mol. The summed E-state index contributed by atoms with van der Waals surface area (Å²) in [5, 5.41) is 0.657. The molecule has 1 aromatic carbocycles. The third-order valence-corrected chi connectivity index (χ3v) is 5.49. The molecule has 0 saturated carbocycles. The summed E-state index contributed by atoms with van der Waals surface area (Å²) in [4.78, 5) is 4.30. The molecule has 7 heteroatoms. The van der Waals surface area contributed by atoms with Crippen molar-refractivity contribution < 1.29 is 8.42 Å². The van der Waals surface area contributed by atoms with Crippen molar-refractivity contribution in [1.82, 2.24) is 8.96 Å². The standard InChI is InChI=1S/C13H10BrN3O2S/c14-11-10-7-4-8-16-13(10)17(12(11)15)20(18,19)9-5-2-1-3-6-9/h1-8H,15H2. The Bertz CT molecular complexity index is 889. The van der Waals surface area contributed by atoms with E-state index < -0.39 is 10.0 Å². The number of hydrogen-bond donors (Lipinski definition) is 1. The molecule has 0 aliphatic rings. The zero-order chi connectivity index (χ0) is 14.3. The van der Waals surface area contributed by atoms with E-state index in [0.717, 1.165) is 3.97 Å². The van der Waals surface area contributed by atoms with Gasteiger partial charge in [0, 0.05) is 11.6 Å². The summed E-state index contributed by atoms with van der Waals surface area (Å²) < 4.78 is 27.0. The summed E-state index contributed by atoms with van der Waals surface area (Å²) in [6.07, 6.45) is 1.53. The molecule has 3 rings (SSSR count). The Morgan fingerprint density at radius 1 is 1.10 bits per heavy atom.